The molecular weight excluding hydrogens is 364 g/mol. The van der Waals surface area contributed by atoms with E-state index in [9.17, 15) is 4.79 Å². The van der Waals surface area contributed by atoms with Crippen LogP contribution in [0.1, 0.15) is 56.0 Å². The Morgan fingerprint density at radius 1 is 1.03 bits per heavy atom. The van der Waals surface area contributed by atoms with Crippen LogP contribution in [0.5, 0.6) is 0 Å². The minimum absolute atomic E-state index is 0.0528. The molecule has 1 amide bonds. The first-order valence-electron chi connectivity index (χ1n) is 11.0. The van der Waals surface area contributed by atoms with E-state index in [4.69, 9.17) is 0 Å². The average Bonchev–Trinajstić information content (AvgIpc) is 3.41. The summed E-state index contributed by atoms with van der Waals surface area (Å²) in [6.45, 7) is 2.38. The third kappa shape index (κ3) is 3.81. The van der Waals surface area contributed by atoms with Crippen LogP contribution in [-0.2, 0) is 11.3 Å². The molecule has 3 unspecified atom stereocenters. The first-order chi connectivity index (χ1) is 14.3. The Hall–Kier alpha value is -2.25. The van der Waals surface area contributed by atoms with Gasteiger partial charge in [0.25, 0.3) is 0 Å². The number of aromatic nitrogens is 3. The molecular formula is C22H30N6O. The fourth-order valence-electron chi connectivity index (χ4n) is 5.32. The van der Waals surface area contributed by atoms with E-state index >= 15 is 0 Å². The third-order valence-electron chi connectivity index (χ3n) is 6.92. The second kappa shape index (κ2) is 8.24. The third-order valence-corrected chi connectivity index (χ3v) is 6.92. The number of nitrogens with one attached hydrogen (secondary N) is 2. The van der Waals surface area contributed by atoms with Crippen LogP contribution in [0.25, 0.3) is 0 Å². The topological polar surface area (TPSA) is 75.1 Å². The Kier molecular flexibility index (Phi) is 5.33. The number of piperidine rings is 1. The lowest BCUT2D eigenvalue weighted by Gasteiger charge is -2.35. The van der Waals surface area contributed by atoms with Crippen LogP contribution in [-0.4, -0.2) is 50.5 Å². The van der Waals surface area contributed by atoms with E-state index in [1.165, 1.54) is 19.3 Å². The predicted octanol–water partition coefficient (Wildman–Crippen LogP) is 2.07. The molecule has 7 nitrogen and oxygen atoms in total. The molecule has 1 aliphatic carbocycles. The number of pyridine rings is 1. The number of likely N-dealkylation sites (tertiary alicyclic amines) is 1. The molecule has 4 heterocycles. The molecule has 7 heteroatoms. The molecule has 2 aromatic rings. The molecule has 0 radical (unpaired) electrons. The quantitative estimate of drug-likeness (QED) is 0.830. The van der Waals surface area contributed by atoms with Crippen LogP contribution in [0.2, 0.25) is 0 Å². The van der Waals surface area contributed by atoms with Crippen molar-refractivity contribution in [3.63, 3.8) is 0 Å². The molecule has 3 fully saturated rings. The monoisotopic (exact) mass is 394 g/mol. The van der Waals surface area contributed by atoms with Crippen LogP contribution in [0.15, 0.2) is 36.8 Å². The van der Waals surface area contributed by atoms with Gasteiger partial charge in [0.15, 0.2) is 0 Å². The summed E-state index contributed by atoms with van der Waals surface area (Å²) in [5, 5.41) is 0. The van der Waals surface area contributed by atoms with Gasteiger partial charge in [-0.3, -0.25) is 15.2 Å². The van der Waals surface area contributed by atoms with Crippen LogP contribution >= 0.6 is 0 Å². The summed E-state index contributed by atoms with van der Waals surface area (Å²) in [6, 6.07) is 6.42. The van der Waals surface area contributed by atoms with E-state index in [1.54, 1.807) is 0 Å². The van der Waals surface area contributed by atoms with Gasteiger partial charge >= 0.3 is 0 Å². The zero-order chi connectivity index (χ0) is 19.6. The van der Waals surface area contributed by atoms with Gasteiger partial charge in [-0.2, -0.15) is 0 Å². The zero-order valence-corrected chi connectivity index (χ0v) is 16.8. The maximum Gasteiger partial charge on any atom is 0.241 e. The molecule has 154 valence electrons. The molecule has 3 atom stereocenters. The van der Waals surface area contributed by atoms with Gasteiger partial charge in [-0.1, -0.05) is 18.9 Å². The molecule has 0 spiro atoms. The van der Waals surface area contributed by atoms with Crippen molar-refractivity contribution < 1.29 is 4.79 Å². The number of amides is 1. The molecule has 0 aromatic carbocycles. The van der Waals surface area contributed by atoms with Crippen LogP contribution < -0.4 is 10.9 Å². The summed E-state index contributed by atoms with van der Waals surface area (Å²) < 4.78 is 2.21. The van der Waals surface area contributed by atoms with Gasteiger partial charge in [-0.05, 0) is 37.8 Å². The fourth-order valence-corrected chi connectivity index (χ4v) is 5.32. The number of rotatable bonds is 4. The fraction of sp³-hybridized carbons (Fsp3) is 0.591. The van der Waals surface area contributed by atoms with Crippen molar-refractivity contribution in [2.75, 3.05) is 13.1 Å². The lowest BCUT2D eigenvalue weighted by molar-refractivity contribution is -0.135. The molecule has 2 aliphatic heterocycles. The summed E-state index contributed by atoms with van der Waals surface area (Å²) in [5.74, 6) is 2.25. The van der Waals surface area contributed by atoms with Crippen molar-refractivity contribution in [2.24, 2.45) is 5.92 Å². The summed E-state index contributed by atoms with van der Waals surface area (Å²) in [4.78, 5) is 24.3. The number of hydrogen-bond acceptors (Lipinski definition) is 5. The Morgan fingerprint density at radius 3 is 2.72 bits per heavy atom. The minimum atomic E-state index is -0.0528. The smallest absolute Gasteiger partial charge is 0.241 e. The molecule has 2 saturated heterocycles. The molecule has 5 rings (SSSR count). The maximum absolute atomic E-state index is 13.2. The number of imidazole rings is 1. The summed E-state index contributed by atoms with van der Waals surface area (Å²) in [6.07, 6.45) is 12.6. The predicted molar refractivity (Wildman–Crippen MR) is 110 cm³/mol. The van der Waals surface area contributed by atoms with Crippen molar-refractivity contribution >= 4 is 5.91 Å². The van der Waals surface area contributed by atoms with Crippen molar-refractivity contribution in [3.8, 4) is 0 Å². The highest BCUT2D eigenvalue weighted by Crippen LogP contribution is 2.32. The number of carbonyl (C=O) groups excluding carboxylic acids is 1. The van der Waals surface area contributed by atoms with Gasteiger partial charge in [0.1, 0.15) is 11.9 Å². The molecule has 2 aromatic heterocycles. The zero-order valence-electron chi connectivity index (χ0n) is 16.8. The van der Waals surface area contributed by atoms with Gasteiger partial charge in [-0.25, -0.2) is 10.4 Å². The van der Waals surface area contributed by atoms with Gasteiger partial charge in [-0.15, -0.1) is 0 Å². The Bertz CT molecular complexity index is 829. The molecule has 3 aliphatic rings. The van der Waals surface area contributed by atoms with Crippen LogP contribution in [0.4, 0.5) is 0 Å². The molecule has 1 saturated carbocycles. The van der Waals surface area contributed by atoms with Crippen molar-refractivity contribution in [2.45, 2.75) is 63.1 Å². The molecule has 29 heavy (non-hydrogen) atoms. The second-order valence-electron chi connectivity index (χ2n) is 8.66. The summed E-state index contributed by atoms with van der Waals surface area (Å²) >= 11 is 0. The van der Waals surface area contributed by atoms with Gasteiger partial charge < -0.3 is 9.47 Å². The molecule has 2 N–H and O–H groups in total. The van der Waals surface area contributed by atoms with E-state index in [1.807, 2.05) is 36.8 Å². The van der Waals surface area contributed by atoms with E-state index in [0.717, 1.165) is 50.4 Å². The highest BCUT2D eigenvalue weighted by Gasteiger charge is 2.43. The van der Waals surface area contributed by atoms with Crippen molar-refractivity contribution in [1.82, 2.24) is 30.3 Å². The summed E-state index contributed by atoms with van der Waals surface area (Å²) in [7, 11) is 0. The Balaban J connectivity index is 1.20. The average molecular weight is 395 g/mol. The SMILES string of the molecule is O=C(C1NNC2CCCCC21)N1CCC(c2nccn2Cc2ccccn2)CC1. The number of carbonyl (C=O) groups is 1. The first-order valence-corrected chi connectivity index (χ1v) is 11.0. The van der Waals surface area contributed by atoms with Gasteiger partial charge in [0.2, 0.25) is 5.91 Å². The van der Waals surface area contributed by atoms with E-state index < -0.39 is 0 Å². The second-order valence-corrected chi connectivity index (χ2v) is 8.66. The maximum atomic E-state index is 13.2. The van der Waals surface area contributed by atoms with Crippen molar-refractivity contribution in [1.29, 1.82) is 0 Å². The lowest BCUT2D eigenvalue weighted by Crippen LogP contribution is -2.50. The van der Waals surface area contributed by atoms with E-state index in [0.29, 0.717) is 17.9 Å². The normalized spacial score (nSPS) is 27.7. The lowest BCUT2D eigenvalue weighted by atomic mass is 9.81. The Labute approximate surface area is 171 Å². The van der Waals surface area contributed by atoms with Crippen molar-refractivity contribution in [3.05, 3.63) is 48.3 Å². The van der Waals surface area contributed by atoms with E-state index in [2.05, 4.69) is 30.3 Å². The number of hydrazine groups is 1. The van der Waals surface area contributed by atoms with Gasteiger partial charge in [0.05, 0.1) is 12.2 Å². The van der Waals surface area contributed by atoms with Gasteiger partial charge in [0, 0.05) is 49.6 Å². The summed E-state index contributed by atoms with van der Waals surface area (Å²) in [5.41, 5.74) is 7.72. The van der Waals surface area contributed by atoms with Crippen LogP contribution in [0.3, 0.4) is 0 Å². The number of fused-ring (bicyclic) bond motifs is 1. The minimum Gasteiger partial charge on any atom is -0.341 e. The van der Waals surface area contributed by atoms with Crippen LogP contribution in [0, 0.1) is 5.92 Å². The molecule has 0 bridgehead atoms. The Morgan fingerprint density at radius 2 is 1.90 bits per heavy atom. The largest absolute Gasteiger partial charge is 0.341 e. The standard InChI is InChI=1S/C22H30N6O/c29-22(20-18-6-1-2-7-19(18)25-26-20)27-12-8-16(9-13-27)21-24-11-14-28(21)15-17-5-3-4-10-23-17/h3-5,10-11,14,16,18-20,25-26H,1-2,6-9,12-13,15H2. The van der Waals surface area contributed by atoms with E-state index in [-0.39, 0.29) is 11.9 Å². The highest BCUT2D eigenvalue weighted by atomic mass is 16.2. The number of nitrogens with zero attached hydrogens (tertiary/aromatic N) is 4. The highest BCUT2D eigenvalue weighted by molar-refractivity contribution is 5.82. The number of hydrogen-bond donors (Lipinski definition) is 2. The first kappa shape index (κ1) is 18.8.